The molecule has 0 aliphatic heterocycles. The Morgan fingerprint density at radius 3 is 2.76 bits per heavy atom. The van der Waals surface area contributed by atoms with E-state index in [0.29, 0.717) is 11.7 Å². The van der Waals surface area contributed by atoms with Crippen molar-refractivity contribution >= 4 is 28.7 Å². The quantitative estimate of drug-likeness (QED) is 0.685. The molecule has 2 aromatic carbocycles. The number of carbonyl (C=O) groups excluding carboxylic acids is 1. The summed E-state index contributed by atoms with van der Waals surface area (Å²) in [6.45, 7) is 0.441. The van der Waals surface area contributed by atoms with E-state index >= 15 is 0 Å². The van der Waals surface area contributed by atoms with Gasteiger partial charge in [-0.25, -0.2) is 9.37 Å². The normalized spacial score (nSPS) is 10.8. The van der Waals surface area contributed by atoms with Gasteiger partial charge in [0.2, 0.25) is 5.91 Å². The smallest absolute Gasteiger partial charge is 0.233 e. The SMILES string of the molecule is COc1ccc2nc(SCC(=O)N(C)Cc3ccc(F)cc3)[nH]c2c1. The second kappa shape index (κ2) is 7.57. The Kier molecular flexibility index (Phi) is 5.23. The van der Waals surface area contributed by atoms with Gasteiger partial charge < -0.3 is 14.6 Å². The molecule has 25 heavy (non-hydrogen) atoms. The van der Waals surface area contributed by atoms with Crippen LogP contribution in [0, 0.1) is 5.82 Å². The monoisotopic (exact) mass is 359 g/mol. The molecule has 0 fully saturated rings. The molecule has 3 rings (SSSR count). The predicted octanol–water partition coefficient (Wildman–Crippen LogP) is 3.46. The number of carbonyl (C=O) groups is 1. The molecule has 7 heteroatoms. The second-order valence-electron chi connectivity index (χ2n) is 5.59. The first-order chi connectivity index (χ1) is 12.0. The fourth-order valence-corrected chi connectivity index (χ4v) is 3.18. The van der Waals surface area contributed by atoms with Gasteiger partial charge in [0.1, 0.15) is 11.6 Å². The number of hydrogen-bond donors (Lipinski definition) is 1. The average Bonchev–Trinajstić information content (AvgIpc) is 3.03. The number of aromatic nitrogens is 2. The van der Waals surface area contributed by atoms with E-state index in [2.05, 4.69) is 9.97 Å². The Morgan fingerprint density at radius 1 is 1.28 bits per heavy atom. The summed E-state index contributed by atoms with van der Waals surface area (Å²) in [5.41, 5.74) is 2.59. The molecule has 0 aliphatic rings. The molecule has 0 bridgehead atoms. The minimum atomic E-state index is -0.283. The summed E-state index contributed by atoms with van der Waals surface area (Å²) in [7, 11) is 3.35. The number of fused-ring (bicyclic) bond motifs is 1. The maximum atomic E-state index is 12.9. The molecule has 0 radical (unpaired) electrons. The van der Waals surface area contributed by atoms with Crippen LogP contribution in [0.1, 0.15) is 5.56 Å². The van der Waals surface area contributed by atoms with Crippen LogP contribution >= 0.6 is 11.8 Å². The van der Waals surface area contributed by atoms with E-state index in [9.17, 15) is 9.18 Å². The maximum Gasteiger partial charge on any atom is 0.233 e. The molecule has 0 spiro atoms. The van der Waals surface area contributed by atoms with Gasteiger partial charge >= 0.3 is 0 Å². The molecular formula is C18H18FN3O2S. The Labute approximate surface area is 149 Å². The van der Waals surface area contributed by atoms with Crippen LogP contribution < -0.4 is 4.74 Å². The van der Waals surface area contributed by atoms with Gasteiger partial charge in [0.25, 0.3) is 0 Å². The minimum absolute atomic E-state index is 0.0210. The number of thioether (sulfide) groups is 1. The van der Waals surface area contributed by atoms with Gasteiger partial charge in [-0.05, 0) is 29.8 Å². The first-order valence-corrected chi connectivity index (χ1v) is 8.68. The molecule has 1 heterocycles. The number of benzene rings is 2. The number of H-pyrrole nitrogens is 1. The molecule has 0 saturated carbocycles. The van der Waals surface area contributed by atoms with Crippen LogP contribution in [-0.2, 0) is 11.3 Å². The molecule has 1 N–H and O–H groups in total. The fraction of sp³-hybridized carbons (Fsp3) is 0.222. The number of rotatable bonds is 6. The van der Waals surface area contributed by atoms with Gasteiger partial charge in [-0.3, -0.25) is 4.79 Å². The second-order valence-corrected chi connectivity index (χ2v) is 6.55. The van der Waals surface area contributed by atoms with Crippen molar-refractivity contribution in [2.75, 3.05) is 19.9 Å². The maximum absolute atomic E-state index is 12.9. The van der Waals surface area contributed by atoms with Crippen LogP contribution in [0.25, 0.3) is 11.0 Å². The average molecular weight is 359 g/mol. The van der Waals surface area contributed by atoms with Crippen molar-refractivity contribution in [1.29, 1.82) is 0 Å². The van der Waals surface area contributed by atoms with Crippen LogP contribution in [0.2, 0.25) is 0 Å². The first-order valence-electron chi connectivity index (χ1n) is 7.70. The lowest BCUT2D eigenvalue weighted by atomic mass is 10.2. The van der Waals surface area contributed by atoms with Crippen molar-refractivity contribution in [3.8, 4) is 5.75 Å². The number of amides is 1. The lowest BCUT2D eigenvalue weighted by molar-refractivity contribution is -0.127. The number of nitrogens with zero attached hydrogens (tertiary/aromatic N) is 2. The molecule has 3 aromatic rings. The zero-order valence-corrected chi connectivity index (χ0v) is 14.8. The molecule has 1 amide bonds. The van der Waals surface area contributed by atoms with E-state index in [1.165, 1.54) is 23.9 Å². The molecular weight excluding hydrogens is 341 g/mol. The highest BCUT2D eigenvalue weighted by molar-refractivity contribution is 7.99. The number of halogens is 1. The molecule has 5 nitrogen and oxygen atoms in total. The van der Waals surface area contributed by atoms with Crippen molar-refractivity contribution in [1.82, 2.24) is 14.9 Å². The van der Waals surface area contributed by atoms with E-state index in [1.54, 1.807) is 31.2 Å². The van der Waals surface area contributed by atoms with Crippen molar-refractivity contribution < 1.29 is 13.9 Å². The highest BCUT2D eigenvalue weighted by Gasteiger charge is 2.12. The van der Waals surface area contributed by atoms with Gasteiger partial charge in [-0.1, -0.05) is 23.9 Å². The summed E-state index contributed by atoms with van der Waals surface area (Å²) in [4.78, 5) is 21.5. The molecule has 130 valence electrons. The summed E-state index contributed by atoms with van der Waals surface area (Å²) in [6.07, 6.45) is 0. The number of hydrogen-bond acceptors (Lipinski definition) is 4. The van der Waals surface area contributed by atoms with Gasteiger partial charge in [0, 0.05) is 19.7 Å². The van der Waals surface area contributed by atoms with Crippen molar-refractivity contribution in [3.05, 3.63) is 53.8 Å². The van der Waals surface area contributed by atoms with Gasteiger partial charge in [0.15, 0.2) is 5.16 Å². The largest absolute Gasteiger partial charge is 0.497 e. The van der Waals surface area contributed by atoms with Crippen LogP contribution in [-0.4, -0.2) is 40.7 Å². The van der Waals surface area contributed by atoms with Gasteiger partial charge in [-0.2, -0.15) is 0 Å². The molecule has 0 saturated heterocycles. The predicted molar refractivity (Wildman–Crippen MR) is 96.2 cm³/mol. The van der Waals surface area contributed by atoms with Crippen LogP contribution in [0.15, 0.2) is 47.6 Å². The van der Waals surface area contributed by atoms with E-state index in [-0.39, 0.29) is 17.5 Å². The summed E-state index contributed by atoms with van der Waals surface area (Å²) in [5.74, 6) is 0.722. The van der Waals surface area contributed by atoms with E-state index < -0.39 is 0 Å². The van der Waals surface area contributed by atoms with Crippen molar-refractivity contribution in [3.63, 3.8) is 0 Å². The minimum Gasteiger partial charge on any atom is -0.497 e. The molecule has 0 atom stereocenters. The Balaban J connectivity index is 1.58. The van der Waals surface area contributed by atoms with E-state index in [1.807, 2.05) is 18.2 Å². The van der Waals surface area contributed by atoms with Crippen LogP contribution in [0.5, 0.6) is 5.75 Å². The van der Waals surface area contributed by atoms with Crippen LogP contribution in [0.4, 0.5) is 4.39 Å². The highest BCUT2D eigenvalue weighted by atomic mass is 32.2. The third-order valence-corrected chi connectivity index (χ3v) is 4.62. The Hall–Kier alpha value is -2.54. The van der Waals surface area contributed by atoms with Crippen molar-refractivity contribution in [2.45, 2.75) is 11.7 Å². The Morgan fingerprint density at radius 2 is 2.04 bits per heavy atom. The van der Waals surface area contributed by atoms with Crippen LogP contribution in [0.3, 0.4) is 0 Å². The molecule has 0 unspecified atom stereocenters. The fourth-order valence-electron chi connectivity index (χ4n) is 2.35. The molecule has 1 aromatic heterocycles. The van der Waals surface area contributed by atoms with E-state index in [0.717, 1.165) is 22.3 Å². The zero-order chi connectivity index (χ0) is 17.8. The topological polar surface area (TPSA) is 58.2 Å². The van der Waals surface area contributed by atoms with Crippen molar-refractivity contribution in [2.24, 2.45) is 0 Å². The highest BCUT2D eigenvalue weighted by Crippen LogP contribution is 2.23. The lowest BCUT2D eigenvalue weighted by Crippen LogP contribution is -2.27. The summed E-state index contributed by atoms with van der Waals surface area (Å²) in [6, 6.07) is 11.7. The summed E-state index contributed by atoms with van der Waals surface area (Å²) < 4.78 is 18.1. The Bertz CT molecular complexity index is 880. The lowest BCUT2D eigenvalue weighted by Gasteiger charge is -2.16. The molecule has 0 aliphatic carbocycles. The number of imidazole rings is 1. The number of methoxy groups -OCH3 is 1. The number of aromatic amines is 1. The first kappa shape index (κ1) is 17.3. The zero-order valence-electron chi connectivity index (χ0n) is 14.0. The number of ether oxygens (including phenoxy) is 1. The summed E-state index contributed by atoms with van der Waals surface area (Å²) in [5, 5.41) is 0.687. The van der Waals surface area contributed by atoms with E-state index in [4.69, 9.17) is 4.74 Å². The van der Waals surface area contributed by atoms with Gasteiger partial charge in [-0.15, -0.1) is 0 Å². The summed E-state index contributed by atoms with van der Waals surface area (Å²) >= 11 is 1.35. The standard InChI is InChI=1S/C18H18FN3O2S/c1-22(10-12-3-5-13(19)6-4-12)17(23)11-25-18-20-15-8-7-14(24-2)9-16(15)21-18/h3-9H,10-11H2,1-2H3,(H,20,21). The third-order valence-electron chi connectivity index (χ3n) is 3.76. The number of nitrogens with one attached hydrogen (secondary N) is 1. The van der Waals surface area contributed by atoms with Gasteiger partial charge in [0.05, 0.1) is 23.9 Å². The third kappa shape index (κ3) is 4.30.